The number of hydrogen-bond acceptors (Lipinski definition) is 6. The fourth-order valence-electron chi connectivity index (χ4n) is 3.29. The van der Waals surface area contributed by atoms with E-state index in [0.717, 1.165) is 28.2 Å². The molecule has 0 bridgehead atoms. The highest BCUT2D eigenvalue weighted by Crippen LogP contribution is 2.29. The van der Waals surface area contributed by atoms with Gasteiger partial charge in [-0.1, -0.05) is 48.2 Å². The van der Waals surface area contributed by atoms with Crippen molar-refractivity contribution in [2.75, 3.05) is 17.2 Å². The summed E-state index contributed by atoms with van der Waals surface area (Å²) in [5, 5.41) is 10.3. The van der Waals surface area contributed by atoms with Crippen LogP contribution >= 0.6 is 11.8 Å². The molecule has 4 rings (SSSR count). The van der Waals surface area contributed by atoms with Gasteiger partial charge in [-0.05, 0) is 42.6 Å². The molecule has 0 N–H and O–H groups in total. The summed E-state index contributed by atoms with van der Waals surface area (Å²) in [5.41, 5.74) is 1.41. The Labute approximate surface area is 187 Å². The average Bonchev–Trinajstić information content (AvgIpc) is 3.27. The number of aromatic nitrogens is 2. The molecule has 0 fully saturated rings. The number of hydrogen-bond donors (Lipinski definition) is 0. The van der Waals surface area contributed by atoms with Crippen molar-refractivity contribution in [1.82, 2.24) is 10.2 Å². The molecule has 0 saturated heterocycles. The Balaban J connectivity index is 1.43. The Morgan fingerprint density at radius 2 is 1.81 bits per heavy atom. The first-order valence-electron chi connectivity index (χ1n) is 9.85. The van der Waals surface area contributed by atoms with Crippen molar-refractivity contribution < 1.29 is 22.7 Å². The number of alkyl halides is 2. The Morgan fingerprint density at radius 1 is 1.06 bits per heavy atom. The zero-order valence-corrected chi connectivity index (χ0v) is 17.9. The van der Waals surface area contributed by atoms with Gasteiger partial charge in [-0.2, -0.15) is 8.78 Å². The first-order chi connectivity index (χ1) is 15.5. The van der Waals surface area contributed by atoms with E-state index in [4.69, 9.17) is 4.42 Å². The highest BCUT2D eigenvalue weighted by Gasteiger charge is 2.18. The van der Waals surface area contributed by atoms with E-state index in [0.29, 0.717) is 12.1 Å². The van der Waals surface area contributed by atoms with Crippen molar-refractivity contribution in [2.45, 2.75) is 18.8 Å². The van der Waals surface area contributed by atoms with Crippen molar-refractivity contribution in [3.8, 4) is 17.2 Å². The number of halogens is 2. The summed E-state index contributed by atoms with van der Waals surface area (Å²) in [6, 6.07) is 19.7. The lowest BCUT2D eigenvalue weighted by Crippen LogP contribution is -2.32. The SMILES string of the molecule is CCN(C(=O)CSc1nnc(-c2ccc(OC(F)F)cc2)o1)c1cccc2ccccc12. The molecular weight excluding hydrogens is 436 g/mol. The second-order valence-electron chi connectivity index (χ2n) is 6.70. The lowest BCUT2D eigenvalue weighted by atomic mass is 10.1. The van der Waals surface area contributed by atoms with Gasteiger partial charge in [0.2, 0.25) is 11.8 Å². The number of thioether (sulfide) groups is 1. The van der Waals surface area contributed by atoms with Crippen LogP contribution in [0.25, 0.3) is 22.2 Å². The first kappa shape index (κ1) is 21.8. The molecule has 0 aliphatic heterocycles. The standard InChI is InChI=1S/C23H19F2N3O3S/c1-2-28(19-9-5-7-15-6-3-4-8-18(15)19)20(29)14-32-23-27-26-21(31-23)16-10-12-17(13-11-16)30-22(24)25/h3-13,22H,2,14H2,1H3. The Morgan fingerprint density at radius 3 is 2.56 bits per heavy atom. The largest absolute Gasteiger partial charge is 0.435 e. The number of carbonyl (C=O) groups excluding carboxylic acids is 1. The third kappa shape index (κ3) is 4.88. The monoisotopic (exact) mass is 455 g/mol. The van der Waals surface area contributed by atoms with E-state index < -0.39 is 6.61 Å². The van der Waals surface area contributed by atoms with Crippen molar-refractivity contribution in [3.63, 3.8) is 0 Å². The van der Waals surface area contributed by atoms with Crippen LogP contribution in [0.1, 0.15) is 6.92 Å². The van der Waals surface area contributed by atoms with Gasteiger partial charge >= 0.3 is 6.61 Å². The van der Waals surface area contributed by atoms with E-state index in [1.807, 2.05) is 49.4 Å². The summed E-state index contributed by atoms with van der Waals surface area (Å²) < 4.78 is 34.5. The molecule has 0 aliphatic carbocycles. The molecule has 1 amide bonds. The number of carbonyl (C=O) groups is 1. The maximum absolute atomic E-state index is 12.9. The molecular formula is C23H19F2N3O3S. The molecule has 0 saturated carbocycles. The van der Waals surface area contributed by atoms with Gasteiger partial charge in [-0.15, -0.1) is 10.2 Å². The van der Waals surface area contributed by atoms with E-state index in [1.54, 1.807) is 17.0 Å². The molecule has 4 aromatic rings. The van der Waals surface area contributed by atoms with Crippen molar-refractivity contribution in [1.29, 1.82) is 0 Å². The number of amides is 1. The van der Waals surface area contributed by atoms with Crippen LogP contribution in [0, 0.1) is 0 Å². The highest BCUT2D eigenvalue weighted by molar-refractivity contribution is 7.99. The third-order valence-corrected chi connectivity index (χ3v) is 5.53. The van der Waals surface area contributed by atoms with Gasteiger partial charge in [-0.25, -0.2) is 0 Å². The lowest BCUT2D eigenvalue weighted by Gasteiger charge is -2.22. The Bertz CT molecular complexity index is 1210. The summed E-state index contributed by atoms with van der Waals surface area (Å²) in [4.78, 5) is 14.7. The van der Waals surface area contributed by atoms with Gasteiger partial charge < -0.3 is 14.1 Å². The second-order valence-corrected chi connectivity index (χ2v) is 7.63. The van der Waals surface area contributed by atoms with Crippen molar-refractivity contribution in [3.05, 3.63) is 66.7 Å². The number of anilines is 1. The molecule has 1 aromatic heterocycles. The van der Waals surface area contributed by atoms with E-state index in [1.165, 1.54) is 12.1 Å². The predicted octanol–water partition coefficient (Wildman–Crippen LogP) is 5.64. The molecule has 3 aromatic carbocycles. The molecule has 0 radical (unpaired) electrons. The number of nitrogens with zero attached hydrogens (tertiary/aromatic N) is 3. The summed E-state index contributed by atoms with van der Waals surface area (Å²) in [5.74, 6) is 0.309. The summed E-state index contributed by atoms with van der Waals surface area (Å²) in [7, 11) is 0. The Hall–Kier alpha value is -3.46. The van der Waals surface area contributed by atoms with Gasteiger partial charge in [0.05, 0.1) is 11.4 Å². The smallest absolute Gasteiger partial charge is 0.387 e. The zero-order chi connectivity index (χ0) is 22.5. The Kier molecular flexibility index (Phi) is 6.65. The molecule has 9 heteroatoms. The minimum atomic E-state index is -2.89. The summed E-state index contributed by atoms with van der Waals surface area (Å²) in [6.45, 7) is -0.437. The van der Waals surface area contributed by atoms with Crippen LogP contribution in [0.3, 0.4) is 0 Å². The van der Waals surface area contributed by atoms with Crippen LogP contribution in [-0.4, -0.2) is 35.0 Å². The minimum Gasteiger partial charge on any atom is -0.435 e. The van der Waals surface area contributed by atoms with Gasteiger partial charge in [-0.3, -0.25) is 4.79 Å². The maximum Gasteiger partial charge on any atom is 0.387 e. The molecule has 32 heavy (non-hydrogen) atoms. The van der Waals surface area contributed by atoms with Gasteiger partial charge in [0.1, 0.15) is 5.75 Å². The first-order valence-corrected chi connectivity index (χ1v) is 10.8. The van der Waals surface area contributed by atoms with Crippen LogP contribution in [0.2, 0.25) is 0 Å². The van der Waals surface area contributed by atoms with Crippen LogP contribution < -0.4 is 9.64 Å². The fourth-order valence-corrected chi connectivity index (χ4v) is 3.93. The number of benzene rings is 3. The fraction of sp³-hybridized carbons (Fsp3) is 0.174. The van der Waals surface area contributed by atoms with E-state index in [-0.39, 0.29) is 28.5 Å². The maximum atomic E-state index is 12.9. The summed E-state index contributed by atoms with van der Waals surface area (Å²) >= 11 is 1.14. The minimum absolute atomic E-state index is 0.0385. The number of ether oxygens (including phenoxy) is 1. The topological polar surface area (TPSA) is 68.5 Å². The van der Waals surface area contributed by atoms with Gasteiger partial charge in [0, 0.05) is 17.5 Å². The molecule has 0 spiro atoms. The third-order valence-electron chi connectivity index (χ3n) is 4.73. The van der Waals surface area contributed by atoms with Crippen molar-refractivity contribution in [2.24, 2.45) is 0 Å². The van der Waals surface area contributed by atoms with Crippen LogP contribution in [0.5, 0.6) is 5.75 Å². The van der Waals surface area contributed by atoms with E-state index in [2.05, 4.69) is 14.9 Å². The van der Waals surface area contributed by atoms with Crippen LogP contribution in [0.15, 0.2) is 76.4 Å². The van der Waals surface area contributed by atoms with Crippen molar-refractivity contribution >= 4 is 34.1 Å². The number of rotatable bonds is 8. The average molecular weight is 455 g/mol. The molecule has 0 atom stereocenters. The van der Waals surface area contributed by atoms with Gasteiger partial charge in [0.15, 0.2) is 0 Å². The van der Waals surface area contributed by atoms with Crippen LogP contribution in [0.4, 0.5) is 14.5 Å². The second kappa shape index (κ2) is 9.78. The zero-order valence-electron chi connectivity index (χ0n) is 17.1. The normalized spacial score (nSPS) is 11.1. The molecule has 0 unspecified atom stereocenters. The quantitative estimate of drug-likeness (QED) is 0.321. The molecule has 6 nitrogen and oxygen atoms in total. The molecule has 1 heterocycles. The number of fused-ring (bicyclic) bond motifs is 1. The highest BCUT2D eigenvalue weighted by atomic mass is 32.2. The van der Waals surface area contributed by atoms with Crippen LogP contribution in [-0.2, 0) is 4.79 Å². The van der Waals surface area contributed by atoms with E-state index >= 15 is 0 Å². The summed E-state index contributed by atoms with van der Waals surface area (Å²) in [6.07, 6.45) is 0. The molecule has 164 valence electrons. The predicted molar refractivity (Wildman–Crippen MR) is 119 cm³/mol. The lowest BCUT2D eigenvalue weighted by molar-refractivity contribution is -0.116. The molecule has 0 aliphatic rings. The van der Waals surface area contributed by atoms with Gasteiger partial charge in [0.25, 0.3) is 5.22 Å². The van der Waals surface area contributed by atoms with E-state index in [9.17, 15) is 13.6 Å².